The van der Waals surface area contributed by atoms with Gasteiger partial charge in [-0.2, -0.15) is 0 Å². The molecule has 1 N–H and O–H groups in total. The molecule has 0 unspecified atom stereocenters. The van der Waals surface area contributed by atoms with Gasteiger partial charge in [-0.1, -0.05) is 0 Å². The molecule has 1 saturated heterocycles. The van der Waals surface area contributed by atoms with Crippen LogP contribution in [0.25, 0.3) is 0 Å². The zero-order valence-electron chi connectivity index (χ0n) is 15.9. The van der Waals surface area contributed by atoms with Gasteiger partial charge in [0.1, 0.15) is 5.60 Å². The predicted octanol–water partition coefficient (Wildman–Crippen LogP) is 3.45. The molecule has 27 heavy (non-hydrogen) atoms. The molecule has 7 nitrogen and oxygen atoms in total. The first kappa shape index (κ1) is 20.9. The number of rotatable bonds is 4. The highest BCUT2D eigenvalue weighted by Crippen LogP contribution is 2.41. The summed E-state index contributed by atoms with van der Waals surface area (Å²) in [6.07, 6.45) is 1.65. The molecule has 1 aromatic rings. The number of aromatic nitrogens is 1. The normalized spacial score (nSPS) is 19.9. The van der Waals surface area contributed by atoms with E-state index in [2.05, 4.69) is 10.1 Å². The molecular weight excluding hydrogens is 360 g/mol. The predicted molar refractivity (Wildman–Crippen MR) is 94.9 cm³/mol. The Morgan fingerprint density at radius 2 is 2.22 bits per heavy atom. The Morgan fingerprint density at radius 1 is 1.52 bits per heavy atom. The largest absolute Gasteiger partial charge is 0.481 e. The number of pyridine rings is 1. The van der Waals surface area contributed by atoms with Gasteiger partial charge in [-0.25, -0.2) is 18.6 Å². The van der Waals surface area contributed by atoms with Gasteiger partial charge in [0.15, 0.2) is 0 Å². The van der Waals surface area contributed by atoms with E-state index in [0.717, 1.165) is 0 Å². The summed E-state index contributed by atoms with van der Waals surface area (Å²) in [4.78, 5) is 17.7. The van der Waals surface area contributed by atoms with E-state index in [1.807, 2.05) is 0 Å². The molecule has 0 radical (unpaired) electrons. The van der Waals surface area contributed by atoms with Gasteiger partial charge in [-0.05, 0) is 32.4 Å². The maximum absolute atomic E-state index is 14.6. The topological polar surface area (TPSA) is 84.2 Å². The highest BCUT2D eigenvalue weighted by Gasteiger charge is 2.47. The van der Waals surface area contributed by atoms with Crippen molar-refractivity contribution in [3.05, 3.63) is 23.4 Å². The minimum Gasteiger partial charge on any atom is -0.481 e. The number of likely N-dealkylation sites (tertiary alicyclic amines) is 1. The van der Waals surface area contributed by atoms with Gasteiger partial charge in [0.05, 0.1) is 13.0 Å². The van der Waals surface area contributed by atoms with Crippen molar-refractivity contribution in [2.24, 2.45) is 5.16 Å². The second kappa shape index (κ2) is 8.06. The molecule has 0 spiro atoms. The summed E-state index contributed by atoms with van der Waals surface area (Å²) in [6, 6.07) is 1.55. The molecule has 0 saturated carbocycles. The zero-order chi connectivity index (χ0) is 20.2. The van der Waals surface area contributed by atoms with Gasteiger partial charge in [0.2, 0.25) is 5.88 Å². The van der Waals surface area contributed by atoms with E-state index in [1.165, 1.54) is 24.4 Å². The zero-order valence-corrected chi connectivity index (χ0v) is 15.9. The molecule has 150 valence electrons. The molecular formula is C18H25F2N3O4. The maximum atomic E-state index is 14.6. The summed E-state index contributed by atoms with van der Waals surface area (Å²) in [5.74, 6) is -3.94. The summed E-state index contributed by atoms with van der Waals surface area (Å²) < 4.78 is 39.6. The first-order valence-electron chi connectivity index (χ1n) is 8.62. The Hall–Kier alpha value is -2.45. The molecule has 2 rings (SSSR count). The Balaban J connectivity index is 2.29. The van der Waals surface area contributed by atoms with E-state index in [-0.39, 0.29) is 31.0 Å². The molecule has 1 aliphatic rings. The van der Waals surface area contributed by atoms with Crippen LogP contribution >= 0.6 is 0 Å². The second-order valence-electron chi connectivity index (χ2n) is 7.43. The van der Waals surface area contributed by atoms with Gasteiger partial charge in [0.25, 0.3) is 5.92 Å². The number of ether oxygens (including phenoxy) is 2. The first-order valence-corrected chi connectivity index (χ1v) is 8.62. The quantitative estimate of drug-likeness (QED) is 0.488. The maximum Gasteiger partial charge on any atom is 0.410 e. The fourth-order valence-corrected chi connectivity index (χ4v) is 2.92. The number of carbonyl (C=O) groups is 1. The van der Waals surface area contributed by atoms with Gasteiger partial charge in [-0.3, -0.25) is 0 Å². The molecule has 1 atom stereocenters. The number of hydrogen-bond acceptors (Lipinski definition) is 6. The molecule has 9 heteroatoms. The molecule has 0 bridgehead atoms. The van der Waals surface area contributed by atoms with Crippen LogP contribution in [0.5, 0.6) is 5.88 Å². The fourth-order valence-electron chi connectivity index (χ4n) is 2.92. The summed E-state index contributed by atoms with van der Waals surface area (Å²) in [7, 11) is 1.42. The van der Waals surface area contributed by atoms with Gasteiger partial charge < -0.3 is 19.6 Å². The van der Waals surface area contributed by atoms with Crippen molar-refractivity contribution in [1.29, 1.82) is 0 Å². The van der Waals surface area contributed by atoms with E-state index in [4.69, 9.17) is 14.7 Å². The van der Waals surface area contributed by atoms with E-state index >= 15 is 0 Å². The van der Waals surface area contributed by atoms with Crippen LogP contribution in [0.3, 0.4) is 0 Å². The van der Waals surface area contributed by atoms with Crippen molar-refractivity contribution in [3.63, 3.8) is 0 Å². The van der Waals surface area contributed by atoms with Crippen LogP contribution < -0.4 is 4.74 Å². The number of nitrogens with zero attached hydrogens (tertiary/aromatic N) is 3. The van der Waals surface area contributed by atoms with Gasteiger partial charge in [-0.15, -0.1) is 5.16 Å². The van der Waals surface area contributed by atoms with Crippen LogP contribution in [0.4, 0.5) is 13.6 Å². The first-order chi connectivity index (χ1) is 12.6. The van der Waals surface area contributed by atoms with Crippen LogP contribution in [0, 0.1) is 0 Å². The van der Waals surface area contributed by atoms with E-state index < -0.39 is 30.0 Å². The lowest BCUT2D eigenvalue weighted by atomic mass is 9.87. The Bertz CT molecular complexity index is 704. The average Bonchev–Trinajstić information content (AvgIpc) is 2.57. The highest BCUT2D eigenvalue weighted by atomic mass is 19.3. The van der Waals surface area contributed by atoms with Crippen molar-refractivity contribution in [1.82, 2.24) is 9.88 Å². The van der Waals surface area contributed by atoms with Crippen LogP contribution in [0.1, 0.15) is 44.2 Å². The highest BCUT2D eigenvalue weighted by molar-refractivity contribution is 5.68. The van der Waals surface area contributed by atoms with Crippen LogP contribution in [0.2, 0.25) is 0 Å². The minimum absolute atomic E-state index is 0.0774. The summed E-state index contributed by atoms with van der Waals surface area (Å²) in [6.45, 7) is 4.92. The summed E-state index contributed by atoms with van der Waals surface area (Å²) >= 11 is 0. The van der Waals surface area contributed by atoms with Gasteiger partial charge >= 0.3 is 6.09 Å². The van der Waals surface area contributed by atoms with Crippen molar-refractivity contribution in [3.8, 4) is 5.88 Å². The SMILES string of the molecule is COc1ncc([C@H]2CN(C(=O)OC(C)(C)C)CCC2(F)F)cc1CC=NO. The molecule has 1 aliphatic heterocycles. The lowest BCUT2D eigenvalue weighted by molar-refractivity contribution is -0.0771. The Labute approximate surface area is 157 Å². The average molecular weight is 385 g/mol. The summed E-state index contributed by atoms with van der Waals surface area (Å²) in [5, 5.41) is 11.5. The molecule has 1 amide bonds. The molecule has 1 fully saturated rings. The smallest absolute Gasteiger partial charge is 0.410 e. The Kier molecular flexibility index (Phi) is 6.22. The number of alkyl halides is 2. The lowest BCUT2D eigenvalue weighted by Crippen LogP contribution is -2.49. The number of methoxy groups -OCH3 is 1. The Morgan fingerprint density at radius 3 is 2.81 bits per heavy atom. The fraction of sp³-hybridized carbons (Fsp3) is 0.611. The number of halogens is 2. The van der Waals surface area contributed by atoms with Crippen LogP contribution in [-0.4, -0.2) is 59.1 Å². The number of carbonyl (C=O) groups excluding carboxylic acids is 1. The molecule has 1 aromatic heterocycles. The number of oxime groups is 1. The summed E-state index contributed by atoms with van der Waals surface area (Å²) in [5.41, 5.74) is 0.0961. The minimum atomic E-state index is -2.99. The van der Waals surface area contributed by atoms with E-state index in [1.54, 1.807) is 26.8 Å². The van der Waals surface area contributed by atoms with E-state index in [9.17, 15) is 13.6 Å². The number of piperidine rings is 1. The molecule has 0 aliphatic carbocycles. The van der Waals surface area contributed by atoms with Gasteiger partial charge in [0, 0.05) is 43.9 Å². The number of amides is 1. The second-order valence-corrected chi connectivity index (χ2v) is 7.43. The van der Waals surface area contributed by atoms with E-state index in [0.29, 0.717) is 5.56 Å². The molecule has 2 heterocycles. The van der Waals surface area contributed by atoms with Crippen molar-refractivity contribution in [2.75, 3.05) is 20.2 Å². The van der Waals surface area contributed by atoms with Crippen molar-refractivity contribution < 1.29 is 28.3 Å². The van der Waals surface area contributed by atoms with Crippen molar-refractivity contribution >= 4 is 12.3 Å². The molecule has 0 aromatic carbocycles. The monoisotopic (exact) mass is 385 g/mol. The van der Waals surface area contributed by atoms with Crippen molar-refractivity contribution in [2.45, 2.75) is 51.1 Å². The lowest BCUT2D eigenvalue weighted by Gasteiger charge is -2.39. The standard InChI is InChI=1S/C18H25F2N3O4/c1-17(2,3)27-16(24)23-8-6-18(19,20)14(11-23)13-9-12(5-7-22-25)15(26-4)21-10-13/h7,9-10,14,25H,5-6,8,11H2,1-4H3/t14-/m1/s1. The third-order valence-electron chi connectivity index (χ3n) is 4.21. The third-order valence-corrected chi connectivity index (χ3v) is 4.21. The number of hydrogen-bond donors (Lipinski definition) is 1. The van der Waals surface area contributed by atoms with Crippen LogP contribution in [0.15, 0.2) is 17.4 Å². The third kappa shape index (κ3) is 5.27. The van der Waals surface area contributed by atoms with Crippen LogP contribution in [-0.2, 0) is 11.2 Å².